The Kier molecular flexibility index (Phi) is 7.80. The molecule has 0 aliphatic rings. The zero-order valence-corrected chi connectivity index (χ0v) is 13.0. The van der Waals surface area contributed by atoms with E-state index in [-0.39, 0.29) is 18.8 Å². The number of hydrogen-bond acceptors (Lipinski definition) is 5. The Labute approximate surface area is 139 Å². The van der Waals surface area contributed by atoms with Gasteiger partial charge < -0.3 is 26.4 Å². The maximum absolute atomic E-state index is 10.4. The lowest BCUT2D eigenvalue weighted by Crippen LogP contribution is -2.32. The summed E-state index contributed by atoms with van der Waals surface area (Å²) in [6, 6.07) is 14.8. The summed E-state index contributed by atoms with van der Waals surface area (Å²) in [6.07, 6.45) is -0.468. The number of carbonyl (C=O) groups is 2. The second kappa shape index (κ2) is 9.86. The summed E-state index contributed by atoms with van der Waals surface area (Å²) in [7, 11) is 0. The summed E-state index contributed by atoms with van der Waals surface area (Å²) in [6.45, 7) is 0.246. The maximum Gasteiger partial charge on any atom is 0.404 e. The number of aromatic hydroxyl groups is 1. The van der Waals surface area contributed by atoms with Crippen LogP contribution in [0.1, 0.15) is 11.1 Å². The van der Waals surface area contributed by atoms with Crippen molar-refractivity contribution in [2.75, 3.05) is 0 Å². The van der Waals surface area contributed by atoms with Crippen molar-refractivity contribution in [1.29, 1.82) is 0 Å². The Morgan fingerprint density at radius 3 is 2.08 bits per heavy atom. The molecule has 6 N–H and O–H groups in total. The Balaban J connectivity index is 0.000000243. The smallest absolute Gasteiger partial charge is 0.404 e. The fourth-order valence-corrected chi connectivity index (χ4v) is 1.70. The van der Waals surface area contributed by atoms with Crippen molar-refractivity contribution >= 4 is 12.1 Å². The molecular weight excluding hydrogens is 312 g/mol. The van der Waals surface area contributed by atoms with Crippen LogP contribution in [0.3, 0.4) is 0 Å². The lowest BCUT2D eigenvalue weighted by Gasteiger charge is -2.05. The number of benzene rings is 2. The van der Waals surface area contributed by atoms with Crippen LogP contribution in [0.4, 0.5) is 4.79 Å². The van der Waals surface area contributed by atoms with Crippen LogP contribution < -0.4 is 11.5 Å². The molecule has 0 bridgehead atoms. The van der Waals surface area contributed by atoms with Crippen molar-refractivity contribution in [3.8, 4) is 5.75 Å². The van der Waals surface area contributed by atoms with E-state index in [1.807, 2.05) is 30.3 Å². The molecule has 0 unspecified atom stereocenters. The van der Waals surface area contributed by atoms with Gasteiger partial charge in [-0.15, -0.1) is 0 Å². The SMILES string of the molecule is NC(=O)OCc1ccccc1.N[C@@H](Cc1ccc(O)cc1)C(=O)O. The highest BCUT2D eigenvalue weighted by Gasteiger charge is 2.11. The Bertz CT molecular complexity index is 644. The molecule has 0 radical (unpaired) electrons. The van der Waals surface area contributed by atoms with Crippen molar-refractivity contribution in [2.24, 2.45) is 11.5 Å². The minimum Gasteiger partial charge on any atom is -0.508 e. The van der Waals surface area contributed by atoms with Gasteiger partial charge in [0.05, 0.1) is 0 Å². The summed E-state index contributed by atoms with van der Waals surface area (Å²) in [5.74, 6) is -0.860. The molecule has 0 saturated heterocycles. The topological polar surface area (TPSA) is 136 Å². The molecule has 7 heteroatoms. The quantitative estimate of drug-likeness (QED) is 0.657. The number of aliphatic carboxylic acids is 1. The first-order valence-electron chi connectivity index (χ1n) is 7.11. The maximum atomic E-state index is 10.4. The van der Waals surface area contributed by atoms with Crippen molar-refractivity contribution in [1.82, 2.24) is 0 Å². The first-order valence-corrected chi connectivity index (χ1v) is 7.11. The van der Waals surface area contributed by atoms with Crippen LogP contribution in [0, 0.1) is 0 Å². The Morgan fingerprint density at radius 2 is 1.58 bits per heavy atom. The minimum absolute atomic E-state index is 0.160. The molecule has 0 aromatic heterocycles. The molecular formula is C17H20N2O5. The fourth-order valence-electron chi connectivity index (χ4n) is 1.70. The predicted molar refractivity (Wildman–Crippen MR) is 88.2 cm³/mol. The van der Waals surface area contributed by atoms with Gasteiger partial charge in [0.25, 0.3) is 0 Å². The zero-order valence-electron chi connectivity index (χ0n) is 13.0. The molecule has 2 aromatic rings. The number of ether oxygens (including phenoxy) is 1. The average Bonchev–Trinajstić information content (AvgIpc) is 2.56. The van der Waals surface area contributed by atoms with E-state index in [0.29, 0.717) is 0 Å². The molecule has 7 nitrogen and oxygen atoms in total. The Morgan fingerprint density at radius 1 is 1.00 bits per heavy atom. The first kappa shape index (κ1) is 19.0. The lowest BCUT2D eigenvalue weighted by atomic mass is 10.1. The number of rotatable bonds is 5. The van der Waals surface area contributed by atoms with Gasteiger partial charge in [-0.25, -0.2) is 4.79 Å². The van der Waals surface area contributed by atoms with E-state index in [1.54, 1.807) is 12.1 Å². The number of phenolic OH excluding ortho intramolecular Hbond substituents is 1. The second-order valence-corrected chi connectivity index (χ2v) is 4.91. The largest absolute Gasteiger partial charge is 0.508 e. The van der Waals surface area contributed by atoms with Crippen LogP contribution in [0.15, 0.2) is 54.6 Å². The van der Waals surface area contributed by atoms with Crippen molar-refractivity contribution < 1.29 is 24.5 Å². The number of carbonyl (C=O) groups excluding carboxylic acids is 1. The molecule has 0 saturated carbocycles. The molecule has 0 aliphatic heterocycles. The summed E-state index contributed by atoms with van der Waals surface area (Å²) in [5, 5.41) is 17.5. The van der Waals surface area contributed by atoms with Crippen LogP contribution in [0.5, 0.6) is 5.75 Å². The highest BCUT2D eigenvalue weighted by molar-refractivity contribution is 5.73. The van der Waals surface area contributed by atoms with Gasteiger partial charge in [0, 0.05) is 0 Å². The molecule has 24 heavy (non-hydrogen) atoms. The zero-order chi connectivity index (χ0) is 17.9. The standard InChI is InChI=1S/C9H11NO3.C8H9NO2/c10-8(9(12)13)5-6-1-3-7(11)4-2-6;9-8(10)11-6-7-4-2-1-3-5-7/h1-4,8,11H,5,10H2,(H,12,13);1-5H,6H2,(H2,9,10)/t8-;/m0./s1. The van der Waals surface area contributed by atoms with Gasteiger partial charge >= 0.3 is 12.1 Å². The van der Waals surface area contributed by atoms with E-state index < -0.39 is 18.1 Å². The van der Waals surface area contributed by atoms with Gasteiger partial charge in [0.2, 0.25) is 0 Å². The molecule has 1 atom stereocenters. The van der Waals surface area contributed by atoms with Gasteiger partial charge in [-0.2, -0.15) is 0 Å². The van der Waals surface area contributed by atoms with Crippen LogP contribution in [0.2, 0.25) is 0 Å². The van der Waals surface area contributed by atoms with Crippen LogP contribution in [-0.2, 0) is 22.6 Å². The highest BCUT2D eigenvalue weighted by atomic mass is 16.5. The van der Waals surface area contributed by atoms with Gasteiger partial charge in [0.15, 0.2) is 0 Å². The summed E-state index contributed by atoms with van der Waals surface area (Å²) < 4.78 is 4.57. The average molecular weight is 332 g/mol. The van der Waals surface area contributed by atoms with E-state index in [9.17, 15) is 9.59 Å². The summed E-state index contributed by atoms with van der Waals surface area (Å²) >= 11 is 0. The second-order valence-electron chi connectivity index (χ2n) is 4.91. The Hall–Kier alpha value is -3.06. The van der Waals surface area contributed by atoms with Gasteiger partial charge in [0.1, 0.15) is 18.4 Å². The van der Waals surface area contributed by atoms with Crippen LogP contribution in [0.25, 0.3) is 0 Å². The molecule has 1 amide bonds. The predicted octanol–water partition coefficient (Wildman–Crippen LogP) is 1.63. The van der Waals surface area contributed by atoms with E-state index in [0.717, 1.165) is 11.1 Å². The molecule has 128 valence electrons. The minimum atomic E-state index is -1.02. The van der Waals surface area contributed by atoms with Crippen molar-refractivity contribution in [3.63, 3.8) is 0 Å². The third kappa shape index (κ3) is 7.81. The number of phenols is 1. The van der Waals surface area contributed by atoms with E-state index in [4.69, 9.17) is 21.7 Å². The van der Waals surface area contributed by atoms with Gasteiger partial charge in [-0.3, -0.25) is 4.79 Å². The number of primary amides is 1. The summed E-state index contributed by atoms with van der Waals surface area (Å²) in [5.41, 5.74) is 11.8. The molecule has 2 rings (SSSR count). The van der Waals surface area contributed by atoms with Crippen molar-refractivity contribution in [2.45, 2.75) is 19.1 Å². The highest BCUT2D eigenvalue weighted by Crippen LogP contribution is 2.10. The third-order valence-electron chi connectivity index (χ3n) is 2.93. The monoisotopic (exact) mass is 332 g/mol. The molecule has 0 heterocycles. The van der Waals surface area contributed by atoms with Crippen molar-refractivity contribution in [3.05, 3.63) is 65.7 Å². The van der Waals surface area contributed by atoms with Gasteiger partial charge in [-0.05, 0) is 29.7 Å². The van der Waals surface area contributed by atoms with E-state index in [1.165, 1.54) is 12.1 Å². The van der Waals surface area contributed by atoms with E-state index in [2.05, 4.69) is 4.74 Å². The van der Waals surface area contributed by atoms with Crippen LogP contribution in [-0.4, -0.2) is 28.3 Å². The van der Waals surface area contributed by atoms with Gasteiger partial charge in [-0.1, -0.05) is 42.5 Å². The first-order chi connectivity index (χ1) is 11.4. The van der Waals surface area contributed by atoms with E-state index >= 15 is 0 Å². The molecule has 0 aliphatic carbocycles. The fraction of sp³-hybridized carbons (Fsp3) is 0.176. The number of hydrogen-bond donors (Lipinski definition) is 4. The molecule has 0 spiro atoms. The number of carboxylic acid groups (broad SMARTS) is 1. The molecule has 2 aromatic carbocycles. The number of nitrogens with two attached hydrogens (primary N) is 2. The molecule has 0 fully saturated rings. The normalized spacial score (nSPS) is 10.9. The number of amides is 1. The van der Waals surface area contributed by atoms with Crippen LogP contribution >= 0.6 is 0 Å². The summed E-state index contributed by atoms with van der Waals surface area (Å²) in [4.78, 5) is 20.6. The third-order valence-corrected chi connectivity index (χ3v) is 2.93. The number of carboxylic acids is 1. The lowest BCUT2D eigenvalue weighted by molar-refractivity contribution is -0.138.